The Morgan fingerprint density at radius 3 is 2.29 bits per heavy atom. The average Bonchev–Trinajstić information content (AvgIpc) is 3.03. The zero-order valence-electron chi connectivity index (χ0n) is 19.3. The van der Waals surface area contributed by atoms with Crippen LogP contribution in [0.2, 0.25) is 0 Å². The van der Waals surface area contributed by atoms with Crippen molar-refractivity contribution in [2.24, 2.45) is 23.2 Å². The van der Waals surface area contributed by atoms with Crippen LogP contribution in [0.3, 0.4) is 0 Å². The van der Waals surface area contributed by atoms with Crippen LogP contribution in [0, 0.1) is 23.2 Å². The summed E-state index contributed by atoms with van der Waals surface area (Å²) in [7, 11) is 0. The predicted molar refractivity (Wildman–Crippen MR) is 124 cm³/mol. The molecule has 1 aromatic rings. The number of carboxylic acid groups (broad SMARTS) is 1. The molecule has 3 atom stereocenters. The Hall–Kier alpha value is -1.89. The summed E-state index contributed by atoms with van der Waals surface area (Å²) in [5.74, 6) is -2.00. The Morgan fingerprint density at radius 1 is 1.06 bits per heavy atom. The van der Waals surface area contributed by atoms with E-state index in [2.05, 4.69) is 31.4 Å². The van der Waals surface area contributed by atoms with E-state index < -0.39 is 17.8 Å². The van der Waals surface area contributed by atoms with E-state index >= 15 is 0 Å². The third kappa shape index (κ3) is 5.30. The van der Waals surface area contributed by atoms with Gasteiger partial charge in [0.05, 0.1) is 17.4 Å². The lowest BCUT2D eigenvalue weighted by Crippen LogP contribution is -2.36. The van der Waals surface area contributed by atoms with E-state index in [1.807, 2.05) is 13.8 Å². The fourth-order valence-corrected chi connectivity index (χ4v) is 6.26. The average molecular weight is 449 g/mol. The van der Waals surface area contributed by atoms with E-state index in [0.29, 0.717) is 29.3 Å². The standard InChI is InChI=1S/C24H36N2O4S/c1-13(2)25-21(28)19-17-11-10-14(24(3,4)5)12-18(17)31-22(19)26-20(27)15-8-6-7-9-16(15)23(29)30/h13-16H,6-12H2,1-5H3,(H,25,28)(H,26,27)(H,29,30)/t14-,15-,16-/m1/s1. The second-order valence-electron chi connectivity index (χ2n) is 10.5. The van der Waals surface area contributed by atoms with Gasteiger partial charge >= 0.3 is 5.97 Å². The van der Waals surface area contributed by atoms with Crippen molar-refractivity contribution in [3.8, 4) is 0 Å². The molecule has 3 N–H and O–H groups in total. The molecule has 0 spiro atoms. The number of nitrogens with one attached hydrogen (secondary N) is 2. The van der Waals surface area contributed by atoms with Gasteiger partial charge in [0.25, 0.3) is 5.91 Å². The van der Waals surface area contributed by atoms with Crippen molar-refractivity contribution in [2.75, 3.05) is 5.32 Å². The van der Waals surface area contributed by atoms with Crippen LogP contribution in [0.5, 0.6) is 0 Å². The van der Waals surface area contributed by atoms with Crippen LogP contribution in [0.4, 0.5) is 5.00 Å². The molecule has 0 saturated heterocycles. The zero-order valence-corrected chi connectivity index (χ0v) is 20.2. The summed E-state index contributed by atoms with van der Waals surface area (Å²) in [6.07, 6.45) is 5.55. The number of carboxylic acids is 1. The lowest BCUT2D eigenvalue weighted by molar-refractivity contribution is -0.147. The molecule has 1 aromatic heterocycles. The van der Waals surface area contributed by atoms with Gasteiger partial charge < -0.3 is 15.7 Å². The quantitative estimate of drug-likeness (QED) is 0.599. The minimum Gasteiger partial charge on any atom is -0.481 e. The molecule has 0 aliphatic heterocycles. The van der Waals surface area contributed by atoms with Crippen LogP contribution in [0.25, 0.3) is 0 Å². The van der Waals surface area contributed by atoms with Crippen molar-refractivity contribution in [3.63, 3.8) is 0 Å². The fraction of sp³-hybridized carbons (Fsp3) is 0.708. The summed E-state index contributed by atoms with van der Waals surface area (Å²) in [4.78, 5) is 39.0. The van der Waals surface area contributed by atoms with E-state index in [0.717, 1.165) is 37.7 Å². The Balaban J connectivity index is 1.91. The van der Waals surface area contributed by atoms with Gasteiger partial charge in [-0.25, -0.2) is 0 Å². The predicted octanol–water partition coefficient (Wildman–Crippen LogP) is 4.87. The van der Waals surface area contributed by atoms with Crippen molar-refractivity contribution >= 4 is 34.1 Å². The second kappa shape index (κ2) is 9.31. The van der Waals surface area contributed by atoms with Gasteiger partial charge in [0.2, 0.25) is 5.91 Å². The minimum atomic E-state index is -0.906. The summed E-state index contributed by atoms with van der Waals surface area (Å²) >= 11 is 1.50. The lowest BCUT2D eigenvalue weighted by Gasteiger charge is -2.33. The maximum Gasteiger partial charge on any atom is 0.307 e. The second-order valence-corrected chi connectivity index (χ2v) is 11.6. The monoisotopic (exact) mass is 448 g/mol. The Bertz CT molecular complexity index is 852. The molecule has 3 rings (SSSR count). The third-order valence-electron chi connectivity index (χ3n) is 6.79. The van der Waals surface area contributed by atoms with E-state index in [9.17, 15) is 19.5 Å². The van der Waals surface area contributed by atoms with E-state index in [-0.39, 0.29) is 23.3 Å². The highest BCUT2D eigenvalue weighted by molar-refractivity contribution is 7.17. The van der Waals surface area contributed by atoms with Gasteiger partial charge in [-0.05, 0) is 62.8 Å². The first kappa shape index (κ1) is 23.8. The molecule has 0 unspecified atom stereocenters. The fourth-order valence-electron chi connectivity index (χ4n) is 4.93. The highest BCUT2D eigenvalue weighted by atomic mass is 32.1. The van der Waals surface area contributed by atoms with Gasteiger partial charge in [-0.3, -0.25) is 14.4 Å². The summed E-state index contributed by atoms with van der Waals surface area (Å²) in [6.45, 7) is 10.6. The molecular formula is C24H36N2O4S. The molecule has 1 fully saturated rings. The minimum absolute atomic E-state index is 0.00717. The Labute approximate surface area is 189 Å². The van der Waals surface area contributed by atoms with E-state index in [1.165, 1.54) is 16.2 Å². The van der Waals surface area contributed by atoms with Gasteiger partial charge in [-0.15, -0.1) is 11.3 Å². The molecule has 0 aromatic carbocycles. The van der Waals surface area contributed by atoms with Crippen molar-refractivity contribution in [2.45, 2.75) is 85.6 Å². The van der Waals surface area contributed by atoms with Crippen LogP contribution < -0.4 is 10.6 Å². The van der Waals surface area contributed by atoms with Crippen molar-refractivity contribution in [3.05, 3.63) is 16.0 Å². The molecule has 2 amide bonds. The summed E-state index contributed by atoms with van der Waals surface area (Å²) in [5.41, 5.74) is 1.82. The molecule has 1 heterocycles. The normalized spacial score (nSPS) is 23.9. The van der Waals surface area contributed by atoms with Crippen LogP contribution in [0.15, 0.2) is 0 Å². The largest absolute Gasteiger partial charge is 0.481 e. The Kier molecular flexibility index (Phi) is 7.14. The number of hydrogen-bond acceptors (Lipinski definition) is 4. The highest BCUT2D eigenvalue weighted by Gasteiger charge is 2.38. The summed E-state index contributed by atoms with van der Waals surface area (Å²) in [6, 6.07) is -0.00717. The molecule has 2 aliphatic rings. The number of thiophene rings is 1. The molecule has 1 saturated carbocycles. The molecule has 6 nitrogen and oxygen atoms in total. The smallest absolute Gasteiger partial charge is 0.307 e. The number of hydrogen-bond donors (Lipinski definition) is 3. The van der Waals surface area contributed by atoms with Gasteiger partial charge in [-0.1, -0.05) is 33.6 Å². The maximum atomic E-state index is 13.1. The maximum absolute atomic E-state index is 13.1. The van der Waals surface area contributed by atoms with Gasteiger partial charge in [0.15, 0.2) is 0 Å². The summed E-state index contributed by atoms with van der Waals surface area (Å²) in [5, 5.41) is 16.1. The molecule has 0 bridgehead atoms. The lowest BCUT2D eigenvalue weighted by atomic mass is 9.72. The first-order valence-electron chi connectivity index (χ1n) is 11.5. The van der Waals surface area contributed by atoms with Crippen LogP contribution in [-0.2, 0) is 22.4 Å². The van der Waals surface area contributed by atoms with Gasteiger partial charge in [-0.2, -0.15) is 0 Å². The van der Waals surface area contributed by atoms with E-state index in [4.69, 9.17) is 0 Å². The SMILES string of the molecule is CC(C)NC(=O)c1c(NC(=O)[C@@H]2CCCC[C@H]2C(=O)O)sc2c1CC[C@@H](C(C)(C)C)C2. The number of anilines is 1. The number of amides is 2. The first-order chi connectivity index (χ1) is 14.5. The number of carbonyl (C=O) groups is 3. The van der Waals surface area contributed by atoms with Gasteiger partial charge in [0, 0.05) is 10.9 Å². The van der Waals surface area contributed by atoms with Crippen molar-refractivity contribution in [1.82, 2.24) is 5.32 Å². The van der Waals surface area contributed by atoms with Crippen molar-refractivity contribution in [1.29, 1.82) is 0 Å². The number of fused-ring (bicyclic) bond motifs is 1. The molecule has 0 radical (unpaired) electrons. The molecule has 2 aliphatic carbocycles. The van der Waals surface area contributed by atoms with Crippen LogP contribution >= 0.6 is 11.3 Å². The van der Waals surface area contributed by atoms with Crippen molar-refractivity contribution < 1.29 is 19.5 Å². The highest BCUT2D eigenvalue weighted by Crippen LogP contribution is 2.44. The molecule has 31 heavy (non-hydrogen) atoms. The molecular weight excluding hydrogens is 412 g/mol. The molecule has 172 valence electrons. The molecule has 7 heteroatoms. The number of rotatable bonds is 5. The topological polar surface area (TPSA) is 95.5 Å². The number of carbonyl (C=O) groups excluding carboxylic acids is 2. The first-order valence-corrected chi connectivity index (χ1v) is 12.3. The number of aliphatic carboxylic acids is 1. The van der Waals surface area contributed by atoms with Crippen LogP contribution in [0.1, 0.15) is 87.5 Å². The zero-order chi connectivity index (χ0) is 22.9. The van der Waals surface area contributed by atoms with Crippen LogP contribution in [-0.4, -0.2) is 28.9 Å². The van der Waals surface area contributed by atoms with Gasteiger partial charge in [0.1, 0.15) is 5.00 Å². The Morgan fingerprint density at radius 2 is 1.71 bits per heavy atom. The third-order valence-corrected chi connectivity index (χ3v) is 7.96. The summed E-state index contributed by atoms with van der Waals surface area (Å²) < 4.78 is 0. The van der Waals surface area contributed by atoms with E-state index in [1.54, 1.807) is 0 Å².